The molecular formula is C12H21N3O2S2. The second kappa shape index (κ2) is 6.32. The van der Waals surface area contributed by atoms with Gasteiger partial charge >= 0.3 is 0 Å². The highest BCUT2D eigenvalue weighted by Crippen LogP contribution is 2.24. The maximum Gasteiger partial charge on any atom is 0.252 e. The molecule has 7 heteroatoms. The summed E-state index contributed by atoms with van der Waals surface area (Å²) in [6.45, 7) is 6.63. The highest BCUT2D eigenvalue weighted by molar-refractivity contribution is 7.91. The number of piperazine rings is 1. The number of nitrogens with one attached hydrogen (secondary N) is 1. The highest BCUT2D eigenvalue weighted by Gasteiger charge is 2.29. The molecule has 19 heavy (non-hydrogen) atoms. The molecule has 0 saturated carbocycles. The third kappa shape index (κ3) is 3.35. The van der Waals surface area contributed by atoms with Crippen molar-refractivity contribution in [2.75, 3.05) is 39.8 Å². The molecule has 1 N–H and O–H groups in total. The normalized spacial score (nSPS) is 18.8. The van der Waals surface area contributed by atoms with Gasteiger partial charge in [-0.2, -0.15) is 4.31 Å². The molecular weight excluding hydrogens is 282 g/mol. The number of nitrogens with zero attached hydrogens (tertiary/aromatic N) is 2. The molecule has 0 unspecified atom stereocenters. The van der Waals surface area contributed by atoms with Crippen LogP contribution >= 0.6 is 11.3 Å². The Hall–Kier alpha value is -0.470. The first kappa shape index (κ1) is 14.9. The van der Waals surface area contributed by atoms with Gasteiger partial charge in [0.1, 0.15) is 4.21 Å². The van der Waals surface area contributed by atoms with Crippen molar-refractivity contribution in [2.24, 2.45) is 0 Å². The first-order chi connectivity index (χ1) is 9.07. The molecule has 108 valence electrons. The minimum Gasteiger partial charge on any atom is -0.316 e. The minimum absolute atomic E-state index is 0.461. The topological polar surface area (TPSA) is 52.7 Å². The van der Waals surface area contributed by atoms with Crippen LogP contribution in [0.1, 0.15) is 12.5 Å². The number of rotatable bonds is 5. The number of hydrogen-bond acceptors (Lipinski definition) is 5. The Balaban J connectivity index is 2.09. The third-order valence-corrected chi connectivity index (χ3v) is 6.75. The lowest BCUT2D eigenvalue weighted by Crippen LogP contribution is -2.48. The maximum atomic E-state index is 12.5. The van der Waals surface area contributed by atoms with Crippen LogP contribution in [0.3, 0.4) is 0 Å². The van der Waals surface area contributed by atoms with Crippen molar-refractivity contribution in [2.45, 2.75) is 17.7 Å². The summed E-state index contributed by atoms with van der Waals surface area (Å²) >= 11 is 1.31. The zero-order valence-electron chi connectivity index (χ0n) is 11.4. The lowest BCUT2D eigenvalue weighted by molar-refractivity contribution is 0.196. The van der Waals surface area contributed by atoms with Crippen LogP contribution in [0.4, 0.5) is 0 Å². The van der Waals surface area contributed by atoms with E-state index in [1.54, 1.807) is 10.4 Å². The maximum absolute atomic E-state index is 12.5. The van der Waals surface area contributed by atoms with E-state index in [1.807, 2.05) is 12.4 Å². The summed E-state index contributed by atoms with van der Waals surface area (Å²) in [6.07, 6.45) is 0. The van der Waals surface area contributed by atoms with Crippen LogP contribution in [0.5, 0.6) is 0 Å². The van der Waals surface area contributed by atoms with Crippen LogP contribution in [0.15, 0.2) is 15.7 Å². The molecule has 1 aromatic rings. The number of likely N-dealkylation sites (N-methyl/N-ethyl adjacent to an activating group) is 1. The fraction of sp³-hybridized carbons (Fsp3) is 0.667. The summed E-state index contributed by atoms with van der Waals surface area (Å²) in [6, 6.07) is 1.78. The molecule has 1 saturated heterocycles. The summed E-state index contributed by atoms with van der Waals surface area (Å²) in [5.74, 6) is 0. The first-order valence-electron chi connectivity index (χ1n) is 6.52. The SMILES string of the molecule is CCN1CCN(S(=O)(=O)c2cc(CNC)cs2)CC1. The van der Waals surface area contributed by atoms with Crippen molar-refractivity contribution in [1.82, 2.24) is 14.5 Å². The second-order valence-corrected chi connectivity index (χ2v) is 7.72. The van der Waals surface area contributed by atoms with Crippen LogP contribution in [-0.2, 0) is 16.6 Å². The predicted molar refractivity (Wildman–Crippen MR) is 78.0 cm³/mol. The van der Waals surface area contributed by atoms with E-state index >= 15 is 0 Å². The Bertz CT molecular complexity index is 505. The quantitative estimate of drug-likeness (QED) is 0.874. The molecule has 0 atom stereocenters. The average Bonchev–Trinajstić information content (AvgIpc) is 2.89. The first-order valence-corrected chi connectivity index (χ1v) is 8.84. The number of thiophene rings is 1. The van der Waals surface area contributed by atoms with Gasteiger partial charge in [0, 0.05) is 32.7 Å². The molecule has 0 aromatic carbocycles. The van der Waals surface area contributed by atoms with Crippen molar-refractivity contribution in [1.29, 1.82) is 0 Å². The minimum atomic E-state index is -3.29. The van der Waals surface area contributed by atoms with E-state index in [0.717, 1.165) is 25.2 Å². The Morgan fingerprint density at radius 1 is 1.32 bits per heavy atom. The predicted octanol–water partition coefficient (Wildman–Crippen LogP) is 0.794. The zero-order valence-corrected chi connectivity index (χ0v) is 13.1. The molecule has 0 amide bonds. The second-order valence-electron chi connectivity index (χ2n) is 4.64. The van der Waals surface area contributed by atoms with Crippen molar-refractivity contribution < 1.29 is 8.42 Å². The highest BCUT2D eigenvalue weighted by atomic mass is 32.2. The van der Waals surface area contributed by atoms with Crippen LogP contribution in [0, 0.1) is 0 Å². The van der Waals surface area contributed by atoms with Gasteiger partial charge in [-0.25, -0.2) is 8.42 Å². The van der Waals surface area contributed by atoms with E-state index in [0.29, 0.717) is 23.8 Å². The number of sulfonamides is 1. The summed E-state index contributed by atoms with van der Waals surface area (Å²) in [4.78, 5) is 2.27. The Morgan fingerprint density at radius 2 is 2.00 bits per heavy atom. The van der Waals surface area contributed by atoms with Gasteiger partial charge in [-0.05, 0) is 30.6 Å². The van der Waals surface area contributed by atoms with Gasteiger partial charge in [-0.3, -0.25) is 0 Å². The van der Waals surface area contributed by atoms with E-state index < -0.39 is 10.0 Å². The molecule has 1 aromatic heterocycles. The summed E-state index contributed by atoms with van der Waals surface area (Å²) in [5.41, 5.74) is 1.03. The van der Waals surface area contributed by atoms with Gasteiger partial charge in [0.15, 0.2) is 0 Å². The van der Waals surface area contributed by atoms with Crippen molar-refractivity contribution in [3.05, 3.63) is 17.0 Å². The van der Waals surface area contributed by atoms with Crippen LogP contribution in [0.25, 0.3) is 0 Å². The van der Waals surface area contributed by atoms with Crippen molar-refractivity contribution >= 4 is 21.4 Å². The van der Waals surface area contributed by atoms with Crippen molar-refractivity contribution in [3.8, 4) is 0 Å². The number of hydrogen-bond donors (Lipinski definition) is 1. The van der Waals surface area contributed by atoms with Gasteiger partial charge in [0.05, 0.1) is 0 Å². The van der Waals surface area contributed by atoms with Gasteiger partial charge in [0.2, 0.25) is 0 Å². The smallest absolute Gasteiger partial charge is 0.252 e. The summed E-state index contributed by atoms with van der Waals surface area (Å²) in [5, 5.41) is 4.94. The van der Waals surface area contributed by atoms with E-state index in [9.17, 15) is 8.42 Å². The molecule has 0 bridgehead atoms. The zero-order chi connectivity index (χ0) is 13.9. The van der Waals surface area contributed by atoms with Gasteiger partial charge < -0.3 is 10.2 Å². The van der Waals surface area contributed by atoms with Crippen LogP contribution in [0.2, 0.25) is 0 Å². The molecule has 2 heterocycles. The van der Waals surface area contributed by atoms with Gasteiger partial charge in [-0.1, -0.05) is 6.92 Å². The Kier molecular flexibility index (Phi) is 4.97. The molecule has 2 rings (SSSR count). The largest absolute Gasteiger partial charge is 0.316 e. The molecule has 1 aliphatic rings. The molecule has 0 spiro atoms. The molecule has 0 aliphatic carbocycles. The summed E-state index contributed by atoms with van der Waals surface area (Å²) < 4.78 is 27.1. The fourth-order valence-electron chi connectivity index (χ4n) is 2.20. The van der Waals surface area contributed by atoms with E-state index in [-0.39, 0.29) is 0 Å². The lowest BCUT2D eigenvalue weighted by Gasteiger charge is -2.32. The Labute approximate surface area is 119 Å². The lowest BCUT2D eigenvalue weighted by atomic mass is 10.3. The van der Waals surface area contributed by atoms with Crippen LogP contribution < -0.4 is 5.32 Å². The molecule has 5 nitrogen and oxygen atoms in total. The van der Waals surface area contributed by atoms with E-state index in [1.165, 1.54) is 11.3 Å². The molecule has 1 aliphatic heterocycles. The molecule has 0 radical (unpaired) electrons. The molecule has 1 fully saturated rings. The Morgan fingerprint density at radius 3 is 2.58 bits per heavy atom. The monoisotopic (exact) mass is 303 g/mol. The van der Waals surface area contributed by atoms with E-state index in [4.69, 9.17) is 0 Å². The third-order valence-electron chi connectivity index (χ3n) is 3.38. The fourth-order valence-corrected chi connectivity index (χ4v) is 4.98. The van der Waals surface area contributed by atoms with E-state index in [2.05, 4.69) is 17.1 Å². The standard InChI is InChI=1S/C12H21N3O2S2/c1-3-14-4-6-15(7-5-14)19(16,17)12-8-11(9-13-2)10-18-12/h8,10,13H,3-7,9H2,1-2H3. The summed E-state index contributed by atoms with van der Waals surface area (Å²) in [7, 11) is -1.44. The average molecular weight is 303 g/mol. The van der Waals surface area contributed by atoms with Crippen LogP contribution in [-0.4, -0.2) is 57.4 Å². The van der Waals surface area contributed by atoms with Gasteiger partial charge in [-0.15, -0.1) is 11.3 Å². The van der Waals surface area contributed by atoms with Crippen molar-refractivity contribution in [3.63, 3.8) is 0 Å². The van der Waals surface area contributed by atoms with Gasteiger partial charge in [0.25, 0.3) is 10.0 Å².